The lowest BCUT2D eigenvalue weighted by Crippen LogP contribution is -2.30. The van der Waals surface area contributed by atoms with Gasteiger partial charge in [-0.15, -0.1) is 0 Å². The van der Waals surface area contributed by atoms with Crippen molar-refractivity contribution in [3.8, 4) is 0 Å². The highest BCUT2D eigenvalue weighted by Crippen LogP contribution is 2.28. The van der Waals surface area contributed by atoms with Crippen LogP contribution in [0, 0.1) is 17.6 Å². The van der Waals surface area contributed by atoms with Crippen LogP contribution in [-0.4, -0.2) is 56.6 Å². The number of allylic oxidation sites excluding steroid dienone is 1. The lowest BCUT2D eigenvalue weighted by Gasteiger charge is -2.20. The van der Waals surface area contributed by atoms with E-state index in [0.29, 0.717) is 12.8 Å². The molecule has 3 rings (SSSR count). The number of benzene rings is 1. The van der Waals surface area contributed by atoms with Crippen LogP contribution in [0.15, 0.2) is 41.3 Å². The number of unbranched alkanes of at least 4 members (excludes halogenated alkanes) is 1. The molecule has 2 aromatic heterocycles. The van der Waals surface area contributed by atoms with Crippen molar-refractivity contribution in [2.24, 2.45) is 5.92 Å². The van der Waals surface area contributed by atoms with Gasteiger partial charge in [0.15, 0.2) is 11.6 Å². The zero-order chi connectivity index (χ0) is 32.1. The van der Waals surface area contributed by atoms with Gasteiger partial charge in [-0.3, -0.25) is 14.4 Å². The SMILES string of the molecule is CC(C)Cc1c(F)c(F)cc2c1nc(Cn1cccc(NC(=O)CCC/C=C/C(=O)N(C)C)c1=O)n2C(=O)OC(C)(C)C. The Kier molecular flexibility index (Phi) is 10.6. The number of hydrogen-bond donors (Lipinski definition) is 1. The Labute approximate surface area is 249 Å². The van der Waals surface area contributed by atoms with Crippen LogP contribution in [0.4, 0.5) is 19.3 Å². The average molecular weight is 600 g/mol. The number of rotatable bonds is 10. The molecule has 3 aromatic rings. The second-order valence-electron chi connectivity index (χ2n) is 11.9. The van der Waals surface area contributed by atoms with Crippen LogP contribution in [0.1, 0.15) is 65.3 Å². The second kappa shape index (κ2) is 13.7. The third-order valence-corrected chi connectivity index (χ3v) is 6.28. The minimum atomic E-state index is -1.12. The minimum absolute atomic E-state index is 0.0170. The van der Waals surface area contributed by atoms with E-state index < -0.39 is 28.9 Å². The molecule has 0 bridgehead atoms. The molecule has 232 valence electrons. The standard InChI is InChI=1S/C31H39F2N5O5/c1-19(2)16-20-27(33)21(32)17-23-28(20)35-24(38(23)30(42)43-31(3,4)5)18-37-15-11-12-22(29(37)41)34-25(39)13-9-8-10-14-26(40)36(6)7/h10-12,14-15,17,19H,8-9,13,16,18H2,1-7H3,(H,34,39)/b14-10+. The maximum Gasteiger partial charge on any atom is 0.420 e. The molecule has 0 unspecified atom stereocenters. The van der Waals surface area contributed by atoms with Gasteiger partial charge < -0.3 is 19.5 Å². The number of carbonyl (C=O) groups is 3. The van der Waals surface area contributed by atoms with E-state index in [1.165, 1.54) is 27.8 Å². The van der Waals surface area contributed by atoms with Gasteiger partial charge >= 0.3 is 6.09 Å². The molecule has 0 fully saturated rings. The van der Waals surface area contributed by atoms with Crippen molar-refractivity contribution in [1.29, 1.82) is 0 Å². The average Bonchev–Trinajstić information content (AvgIpc) is 3.25. The number of anilines is 1. The first-order valence-electron chi connectivity index (χ1n) is 14.1. The Morgan fingerprint density at radius 1 is 1.19 bits per heavy atom. The number of ether oxygens (including phenoxy) is 1. The van der Waals surface area contributed by atoms with Gasteiger partial charge in [0.05, 0.1) is 17.6 Å². The van der Waals surface area contributed by atoms with Gasteiger partial charge in [-0.05, 0) is 64.2 Å². The van der Waals surface area contributed by atoms with Gasteiger partial charge in [0.1, 0.15) is 17.1 Å². The monoisotopic (exact) mass is 599 g/mol. The van der Waals surface area contributed by atoms with Crippen LogP contribution in [0.5, 0.6) is 0 Å². The number of imidazole rings is 1. The summed E-state index contributed by atoms with van der Waals surface area (Å²) in [6, 6.07) is 3.91. The number of aromatic nitrogens is 3. The fourth-order valence-electron chi connectivity index (χ4n) is 4.31. The van der Waals surface area contributed by atoms with E-state index in [-0.39, 0.29) is 65.2 Å². The Bertz CT molecular complexity index is 1600. The zero-order valence-corrected chi connectivity index (χ0v) is 25.7. The zero-order valence-electron chi connectivity index (χ0n) is 25.7. The van der Waals surface area contributed by atoms with Crippen molar-refractivity contribution in [3.05, 3.63) is 69.9 Å². The summed E-state index contributed by atoms with van der Waals surface area (Å²) in [5.74, 6) is -2.70. The number of nitrogens with one attached hydrogen (secondary N) is 1. The molecule has 2 heterocycles. The highest BCUT2D eigenvalue weighted by Gasteiger charge is 2.27. The quantitative estimate of drug-likeness (QED) is 0.251. The van der Waals surface area contributed by atoms with E-state index in [1.54, 1.807) is 47.0 Å². The number of hydrogen-bond acceptors (Lipinski definition) is 6. The Morgan fingerprint density at radius 3 is 2.51 bits per heavy atom. The van der Waals surface area contributed by atoms with Gasteiger partial charge in [-0.1, -0.05) is 19.9 Å². The molecule has 0 aliphatic carbocycles. The van der Waals surface area contributed by atoms with E-state index in [0.717, 1.165) is 10.6 Å². The largest absolute Gasteiger partial charge is 0.443 e. The number of halogens is 2. The maximum atomic E-state index is 14.9. The molecule has 2 amide bonds. The first-order valence-corrected chi connectivity index (χ1v) is 14.1. The third kappa shape index (κ3) is 8.59. The summed E-state index contributed by atoms with van der Waals surface area (Å²) in [5.41, 5.74) is -1.28. The van der Waals surface area contributed by atoms with Gasteiger partial charge in [-0.2, -0.15) is 0 Å². The summed E-state index contributed by atoms with van der Waals surface area (Å²) >= 11 is 0. The number of amides is 2. The fraction of sp³-hybridized carbons (Fsp3) is 0.452. The molecule has 1 N–H and O–H groups in total. The van der Waals surface area contributed by atoms with Crippen molar-refractivity contribution in [2.45, 2.75) is 72.4 Å². The molecule has 43 heavy (non-hydrogen) atoms. The predicted octanol–water partition coefficient (Wildman–Crippen LogP) is 5.26. The number of carbonyl (C=O) groups excluding carboxylic acids is 3. The van der Waals surface area contributed by atoms with Crippen LogP contribution in [0.3, 0.4) is 0 Å². The predicted molar refractivity (Wildman–Crippen MR) is 160 cm³/mol. The number of fused-ring (bicyclic) bond motifs is 1. The highest BCUT2D eigenvalue weighted by molar-refractivity contribution is 5.91. The lowest BCUT2D eigenvalue weighted by atomic mass is 10.0. The van der Waals surface area contributed by atoms with Gasteiger partial charge in [0.25, 0.3) is 5.56 Å². The van der Waals surface area contributed by atoms with Crippen molar-refractivity contribution in [2.75, 3.05) is 19.4 Å². The Hall–Kier alpha value is -4.35. The van der Waals surface area contributed by atoms with Crippen LogP contribution < -0.4 is 10.9 Å². The molecule has 12 heteroatoms. The molecule has 10 nitrogen and oxygen atoms in total. The molecule has 0 aliphatic heterocycles. The molecule has 1 aromatic carbocycles. The highest BCUT2D eigenvalue weighted by atomic mass is 19.2. The first kappa shape index (κ1) is 33.2. The molecule has 0 saturated carbocycles. The van der Waals surface area contributed by atoms with Gasteiger partial charge in [0, 0.05) is 38.3 Å². The van der Waals surface area contributed by atoms with Crippen LogP contribution in [0.2, 0.25) is 0 Å². The summed E-state index contributed by atoms with van der Waals surface area (Å²) in [4.78, 5) is 56.6. The van der Waals surface area contributed by atoms with Crippen molar-refractivity contribution < 1.29 is 27.9 Å². The summed E-state index contributed by atoms with van der Waals surface area (Å²) in [6.45, 7) is 8.47. The molecule has 0 aliphatic rings. The topological polar surface area (TPSA) is 116 Å². The van der Waals surface area contributed by atoms with Crippen LogP contribution >= 0.6 is 0 Å². The fourth-order valence-corrected chi connectivity index (χ4v) is 4.31. The normalized spacial score (nSPS) is 11.9. The summed E-state index contributed by atoms with van der Waals surface area (Å²) in [5, 5.41) is 2.61. The van der Waals surface area contributed by atoms with E-state index in [9.17, 15) is 28.0 Å². The van der Waals surface area contributed by atoms with E-state index in [2.05, 4.69) is 10.3 Å². The molecular formula is C31H39F2N5O5. The summed E-state index contributed by atoms with van der Waals surface area (Å²) < 4.78 is 37.5. The number of nitrogens with zero attached hydrogens (tertiary/aromatic N) is 4. The molecule has 0 atom stereocenters. The molecule has 0 spiro atoms. The lowest BCUT2D eigenvalue weighted by molar-refractivity contribution is -0.123. The number of pyridine rings is 1. The minimum Gasteiger partial charge on any atom is -0.443 e. The molecule has 0 saturated heterocycles. The summed E-state index contributed by atoms with van der Waals surface area (Å²) in [6.07, 6.45) is 5.00. The first-order chi connectivity index (χ1) is 20.1. The van der Waals surface area contributed by atoms with E-state index >= 15 is 0 Å². The van der Waals surface area contributed by atoms with Crippen LogP contribution in [0.25, 0.3) is 11.0 Å². The van der Waals surface area contributed by atoms with Crippen molar-refractivity contribution in [3.63, 3.8) is 0 Å². The van der Waals surface area contributed by atoms with Gasteiger partial charge in [0.2, 0.25) is 11.8 Å². The Balaban J connectivity index is 1.93. The van der Waals surface area contributed by atoms with E-state index in [4.69, 9.17) is 4.74 Å². The molecular weight excluding hydrogens is 560 g/mol. The second-order valence-corrected chi connectivity index (χ2v) is 11.9. The summed E-state index contributed by atoms with van der Waals surface area (Å²) in [7, 11) is 3.29. The van der Waals surface area contributed by atoms with E-state index in [1.807, 2.05) is 13.8 Å². The number of likely N-dealkylation sites (N-methyl/N-ethyl adjacent to an activating group) is 1. The maximum absolute atomic E-state index is 14.9. The molecule has 0 radical (unpaired) electrons. The van der Waals surface area contributed by atoms with Crippen LogP contribution in [-0.2, 0) is 27.3 Å². The van der Waals surface area contributed by atoms with Crippen molar-refractivity contribution in [1.82, 2.24) is 19.0 Å². The smallest absolute Gasteiger partial charge is 0.420 e. The third-order valence-electron chi connectivity index (χ3n) is 6.28. The van der Waals surface area contributed by atoms with Crippen molar-refractivity contribution >= 4 is 34.6 Å². The van der Waals surface area contributed by atoms with Gasteiger partial charge in [-0.25, -0.2) is 23.1 Å². The Morgan fingerprint density at radius 2 is 1.88 bits per heavy atom.